The van der Waals surface area contributed by atoms with Crippen molar-refractivity contribution in [2.24, 2.45) is 4.99 Å². The van der Waals surface area contributed by atoms with E-state index < -0.39 is 6.09 Å². The van der Waals surface area contributed by atoms with Gasteiger partial charge in [-0.2, -0.15) is 0 Å². The zero-order valence-electron chi connectivity index (χ0n) is 19.8. The molecular formula is C27H24N4O3S2. The minimum absolute atomic E-state index is 0.0645. The number of rotatable bonds is 5. The molecule has 0 unspecified atom stereocenters. The number of amidine groups is 1. The van der Waals surface area contributed by atoms with Crippen molar-refractivity contribution in [1.29, 1.82) is 0 Å². The number of para-hydroxylation sites is 1. The quantitative estimate of drug-likeness (QED) is 0.394. The highest BCUT2D eigenvalue weighted by Crippen LogP contribution is 2.50. The molecule has 0 aliphatic carbocycles. The molecule has 2 aliphatic rings. The third kappa shape index (κ3) is 4.98. The van der Waals surface area contributed by atoms with Crippen LogP contribution < -0.4 is 10.2 Å². The second-order valence-corrected chi connectivity index (χ2v) is 10.0. The summed E-state index contributed by atoms with van der Waals surface area (Å²) < 4.78 is 4.92. The van der Waals surface area contributed by atoms with Crippen LogP contribution in [0.2, 0.25) is 0 Å². The summed E-state index contributed by atoms with van der Waals surface area (Å²) in [7, 11) is 1.99. The molecule has 1 fully saturated rings. The Morgan fingerprint density at radius 3 is 2.42 bits per heavy atom. The summed E-state index contributed by atoms with van der Waals surface area (Å²) in [4.78, 5) is 35.8. The number of carbonyl (C=O) groups is 2. The Balaban J connectivity index is 1.46. The summed E-state index contributed by atoms with van der Waals surface area (Å²) in [6.07, 6.45) is -0.502. The molecule has 0 spiro atoms. The highest BCUT2D eigenvalue weighted by Gasteiger charge is 2.39. The Hall–Kier alpha value is -3.69. The second-order valence-electron chi connectivity index (χ2n) is 8.03. The lowest BCUT2D eigenvalue weighted by molar-refractivity contribution is -0.122. The number of thioether (sulfide) groups is 2. The van der Waals surface area contributed by atoms with Crippen LogP contribution in [0.5, 0.6) is 0 Å². The third-order valence-corrected chi connectivity index (χ3v) is 8.03. The predicted molar refractivity (Wildman–Crippen MR) is 146 cm³/mol. The van der Waals surface area contributed by atoms with Crippen molar-refractivity contribution in [3.05, 3.63) is 94.4 Å². The minimum atomic E-state index is -0.502. The Morgan fingerprint density at radius 1 is 0.972 bits per heavy atom. The Morgan fingerprint density at radius 2 is 1.69 bits per heavy atom. The third-order valence-electron chi connectivity index (χ3n) is 5.59. The Bertz CT molecular complexity index is 1360. The first-order valence-electron chi connectivity index (χ1n) is 11.4. The van der Waals surface area contributed by atoms with Gasteiger partial charge in [-0.25, -0.2) is 9.79 Å². The summed E-state index contributed by atoms with van der Waals surface area (Å²) in [6.45, 7) is 2.48. The number of nitrogens with zero attached hydrogens (tertiary/aromatic N) is 3. The van der Waals surface area contributed by atoms with E-state index in [9.17, 15) is 9.59 Å². The minimum Gasteiger partial charge on any atom is -0.450 e. The highest BCUT2D eigenvalue weighted by atomic mass is 32.2. The molecule has 0 bridgehead atoms. The number of anilines is 2. The normalized spacial score (nSPS) is 18.1. The first kappa shape index (κ1) is 24.0. The largest absolute Gasteiger partial charge is 0.450 e. The van der Waals surface area contributed by atoms with Crippen LogP contribution in [0.3, 0.4) is 0 Å². The van der Waals surface area contributed by atoms with Gasteiger partial charge < -0.3 is 9.64 Å². The fourth-order valence-corrected chi connectivity index (χ4v) is 6.18. The van der Waals surface area contributed by atoms with Crippen molar-refractivity contribution < 1.29 is 14.3 Å². The summed E-state index contributed by atoms with van der Waals surface area (Å²) in [5.41, 5.74) is 3.40. The van der Waals surface area contributed by atoms with Crippen LogP contribution in [0.1, 0.15) is 12.5 Å². The highest BCUT2D eigenvalue weighted by molar-refractivity contribution is 8.19. The second kappa shape index (κ2) is 10.5. The molecule has 182 valence electrons. The maximum Gasteiger partial charge on any atom is 0.411 e. The van der Waals surface area contributed by atoms with Gasteiger partial charge in [0.15, 0.2) is 5.17 Å². The van der Waals surface area contributed by atoms with Crippen LogP contribution in [0, 0.1) is 0 Å². The molecule has 2 heterocycles. The molecule has 2 aliphatic heterocycles. The number of benzene rings is 3. The number of amides is 2. The maximum atomic E-state index is 13.7. The zero-order valence-corrected chi connectivity index (χ0v) is 21.4. The van der Waals surface area contributed by atoms with E-state index in [4.69, 9.17) is 9.73 Å². The lowest BCUT2D eigenvalue weighted by Crippen LogP contribution is -2.29. The molecule has 1 N–H and O–H groups in total. The standard InChI is InChI=1S/C27H24N4O3S2/c1-3-34-27(33)29-20-15-13-19(14-16-20)28-26-31(17-18-9-5-4-6-10-18)24(32)23(36-26)25-30(2)21-11-7-8-12-22(21)35-25/h4-16H,3,17H2,1-2H3,(H,29,33)/b25-23-,28-26?. The molecule has 7 nitrogen and oxygen atoms in total. The van der Waals surface area contributed by atoms with Crippen molar-refractivity contribution in [3.63, 3.8) is 0 Å². The molecule has 3 aromatic carbocycles. The van der Waals surface area contributed by atoms with E-state index in [2.05, 4.69) is 22.3 Å². The molecule has 0 radical (unpaired) electrons. The van der Waals surface area contributed by atoms with Gasteiger partial charge in [0.1, 0.15) is 4.91 Å². The molecule has 0 aromatic heterocycles. The first-order valence-corrected chi connectivity index (χ1v) is 13.1. The van der Waals surface area contributed by atoms with Gasteiger partial charge in [0.2, 0.25) is 0 Å². The molecule has 3 aromatic rings. The molecule has 0 atom stereocenters. The number of hydrogen-bond donors (Lipinski definition) is 1. The number of ether oxygens (including phenoxy) is 1. The van der Waals surface area contributed by atoms with Gasteiger partial charge in [0.05, 0.1) is 29.6 Å². The van der Waals surface area contributed by atoms with E-state index in [0.717, 1.165) is 21.2 Å². The fourth-order valence-electron chi connectivity index (χ4n) is 3.84. The van der Waals surface area contributed by atoms with Gasteiger partial charge in [0.25, 0.3) is 5.91 Å². The first-order chi connectivity index (χ1) is 17.5. The van der Waals surface area contributed by atoms with E-state index in [0.29, 0.717) is 34.6 Å². The lowest BCUT2D eigenvalue weighted by Gasteiger charge is -2.17. The average Bonchev–Trinajstić information content (AvgIpc) is 3.37. The maximum absolute atomic E-state index is 13.7. The van der Waals surface area contributed by atoms with E-state index in [1.807, 2.05) is 49.5 Å². The fraction of sp³-hybridized carbons (Fsp3) is 0.148. The topological polar surface area (TPSA) is 74.2 Å². The summed E-state index contributed by atoms with van der Waals surface area (Å²) in [6, 6.07) is 25.2. The van der Waals surface area contributed by atoms with Crippen LogP contribution in [0.15, 0.2) is 98.7 Å². The van der Waals surface area contributed by atoms with Gasteiger partial charge in [-0.1, -0.05) is 54.2 Å². The molecule has 0 saturated carbocycles. The van der Waals surface area contributed by atoms with Crippen molar-refractivity contribution in [1.82, 2.24) is 4.90 Å². The predicted octanol–water partition coefficient (Wildman–Crippen LogP) is 6.43. The van der Waals surface area contributed by atoms with Gasteiger partial charge >= 0.3 is 6.09 Å². The average molecular weight is 517 g/mol. The molecule has 5 rings (SSSR count). The van der Waals surface area contributed by atoms with E-state index in [-0.39, 0.29) is 5.91 Å². The van der Waals surface area contributed by atoms with Gasteiger partial charge in [-0.05, 0) is 60.6 Å². The Kier molecular flexibility index (Phi) is 7.02. The van der Waals surface area contributed by atoms with E-state index in [1.165, 1.54) is 11.8 Å². The number of fused-ring (bicyclic) bond motifs is 1. The van der Waals surface area contributed by atoms with Crippen LogP contribution in [-0.2, 0) is 16.1 Å². The smallest absolute Gasteiger partial charge is 0.411 e. The Labute approximate surface area is 218 Å². The molecule has 2 amide bonds. The lowest BCUT2D eigenvalue weighted by atomic mass is 10.2. The number of carbonyl (C=O) groups excluding carboxylic acids is 2. The van der Waals surface area contributed by atoms with E-state index in [1.54, 1.807) is 47.9 Å². The molecule has 36 heavy (non-hydrogen) atoms. The zero-order chi connectivity index (χ0) is 25.1. The van der Waals surface area contributed by atoms with Crippen LogP contribution >= 0.6 is 23.5 Å². The van der Waals surface area contributed by atoms with Gasteiger partial charge in [-0.15, -0.1) is 0 Å². The van der Waals surface area contributed by atoms with Crippen LogP contribution in [0.25, 0.3) is 0 Å². The summed E-state index contributed by atoms with van der Waals surface area (Å²) >= 11 is 2.99. The molecule has 9 heteroatoms. The number of nitrogens with one attached hydrogen (secondary N) is 1. The molecule has 1 saturated heterocycles. The summed E-state index contributed by atoms with van der Waals surface area (Å²) in [5, 5.41) is 4.19. The van der Waals surface area contributed by atoms with Crippen LogP contribution in [-0.4, -0.2) is 35.7 Å². The number of hydrogen-bond acceptors (Lipinski definition) is 7. The SMILES string of the molecule is CCOC(=O)Nc1ccc(N=C2S/C(=C3\Sc4ccccc4N3C)C(=O)N2Cc2ccccc2)cc1. The van der Waals surface area contributed by atoms with Crippen molar-refractivity contribution in [3.8, 4) is 0 Å². The van der Waals surface area contributed by atoms with Crippen molar-refractivity contribution >= 4 is 57.8 Å². The monoisotopic (exact) mass is 516 g/mol. The summed E-state index contributed by atoms with van der Waals surface area (Å²) in [5.74, 6) is -0.0645. The van der Waals surface area contributed by atoms with Gasteiger partial charge in [0, 0.05) is 17.6 Å². The van der Waals surface area contributed by atoms with Crippen molar-refractivity contribution in [2.75, 3.05) is 23.9 Å². The number of aliphatic imine (C=N–C) groups is 1. The molecular weight excluding hydrogens is 492 g/mol. The van der Waals surface area contributed by atoms with Gasteiger partial charge in [-0.3, -0.25) is 15.0 Å². The van der Waals surface area contributed by atoms with Crippen LogP contribution in [0.4, 0.5) is 21.9 Å². The van der Waals surface area contributed by atoms with Crippen molar-refractivity contribution in [2.45, 2.75) is 18.4 Å². The van der Waals surface area contributed by atoms with E-state index >= 15 is 0 Å².